The molecule has 0 radical (unpaired) electrons. The second-order valence-corrected chi connectivity index (χ2v) is 5.05. The molecule has 0 atom stereocenters. The molecule has 1 aromatic rings. The van der Waals surface area contributed by atoms with Gasteiger partial charge >= 0.3 is 0 Å². The predicted octanol–water partition coefficient (Wildman–Crippen LogP) is 0.735. The third-order valence-corrected chi connectivity index (χ3v) is 3.49. The lowest BCUT2D eigenvalue weighted by molar-refractivity contribution is 0.265. The highest BCUT2D eigenvalue weighted by molar-refractivity contribution is 6.30. The maximum atomic E-state index is 6.02. The second-order valence-electron chi connectivity index (χ2n) is 4.62. The summed E-state index contributed by atoms with van der Waals surface area (Å²) in [6, 6.07) is 8.00. The molecule has 4 N–H and O–H groups in total. The van der Waals surface area contributed by atoms with Crippen LogP contribution in [0.3, 0.4) is 0 Å². The molecule has 104 valence electrons. The Bertz CT molecular complexity index is 436. The number of hydrogen-bond acceptors (Lipinski definition) is 3. The molecule has 1 aliphatic heterocycles. The van der Waals surface area contributed by atoms with E-state index < -0.39 is 0 Å². The third-order valence-electron chi connectivity index (χ3n) is 3.26. The number of nitrogens with two attached hydrogens (primary N) is 2. The van der Waals surface area contributed by atoms with Gasteiger partial charge in [-0.15, -0.1) is 0 Å². The highest BCUT2D eigenvalue weighted by atomic mass is 35.5. The quantitative estimate of drug-likeness (QED) is 0.631. The van der Waals surface area contributed by atoms with Crippen LogP contribution in [0.4, 0.5) is 5.69 Å². The van der Waals surface area contributed by atoms with Crippen molar-refractivity contribution in [1.29, 1.82) is 0 Å². The van der Waals surface area contributed by atoms with Gasteiger partial charge in [-0.25, -0.2) is 0 Å². The summed E-state index contributed by atoms with van der Waals surface area (Å²) < 4.78 is 0. The van der Waals surface area contributed by atoms with Crippen LogP contribution in [-0.2, 0) is 0 Å². The van der Waals surface area contributed by atoms with Gasteiger partial charge in [0.15, 0.2) is 5.96 Å². The molecule has 1 heterocycles. The average Bonchev–Trinajstić information content (AvgIpc) is 2.39. The van der Waals surface area contributed by atoms with Gasteiger partial charge < -0.3 is 16.4 Å². The van der Waals surface area contributed by atoms with E-state index in [-0.39, 0.29) is 5.96 Å². The van der Waals surface area contributed by atoms with Crippen LogP contribution in [0.25, 0.3) is 0 Å². The maximum absolute atomic E-state index is 6.02. The Hall–Kier alpha value is -1.46. The zero-order valence-electron chi connectivity index (χ0n) is 10.9. The minimum absolute atomic E-state index is 0.164. The highest BCUT2D eigenvalue weighted by Gasteiger charge is 2.16. The molecule has 0 saturated carbocycles. The van der Waals surface area contributed by atoms with Crippen molar-refractivity contribution in [3.63, 3.8) is 0 Å². The number of nitrogens with zero attached hydrogens (tertiary/aromatic N) is 3. The minimum atomic E-state index is 0.164. The van der Waals surface area contributed by atoms with Crippen LogP contribution in [0.5, 0.6) is 0 Å². The number of aliphatic imine (C=N–C) groups is 1. The smallest absolute Gasteiger partial charge is 0.185 e. The van der Waals surface area contributed by atoms with Crippen molar-refractivity contribution in [2.45, 2.75) is 0 Å². The lowest BCUT2D eigenvalue weighted by Crippen LogP contribution is -2.47. The molecule has 1 aliphatic rings. The summed E-state index contributed by atoms with van der Waals surface area (Å²) in [6.07, 6.45) is 0. The monoisotopic (exact) mass is 281 g/mol. The number of piperazine rings is 1. The summed E-state index contributed by atoms with van der Waals surface area (Å²) in [5, 5.41) is 0.785. The molecule has 0 aliphatic carbocycles. The van der Waals surface area contributed by atoms with E-state index in [1.54, 1.807) is 0 Å². The lowest BCUT2D eigenvalue weighted by Gasteiger charge is -2.35. The third kappa shape index (κ3) is 4.29. The van der Waals surface area contributed by atoms with Gasteiger partial charge in [0.25, 0.3) is 0 Å². The Morgan fingerprint density at radius 3 is 2.58 bits per heavy atom. The average molecular weight is 282 g/mol. The van der Waals surface area contributed by atoms with Crippen molar-refractivity contribution in [1.82, 2.24) is 4.90 Å². The summed E-state index contributed by atoms with van der Waals surface area (Å²) in [5.74, 6) is 0.164. The standard InChI is InChI=1S/C13H20ClN5/c14-11-2-1-3-12(10-11)19-8-6-18(7-9-19)5-4-17-13(15)16/h1-3,10H,4-9H2,(H4,15,16,17). The molecular formula is C13H20ClN5. The van der Waals surface area contributed by atoms with Gasteiger partial charge in [-0.2, -0.15) is 0 Å². The first-order valence-electron chi connectivity index (χ1n) is 6.43. The Morgan fingerprint density at radius 1 is 1.21 bits per heavy atom. The summed E-state index contributed by atoms with van der Waals surface area (Å²) >= 11 is 6.02. The predicted molar refractivity (Wildman–Crippen MR) is 80.8 cm³/mol. The zero-order chi connectivity index (χ0) is 13.7. The topological polar surface area (TPSA) is 70.9 Å². The molecule has 0 aromatic heterocycles. The van der Waals surface area contributed by atoms with Gasteiger partial charge in [-0.1, -0.05) is 17.7 Å². The molecule has 1 saturated heterocycles. The van der Waals surface area contributed by atoms with Crippen molar-refractivity contribution in [2.75, 3.05) is 44.2 Å². The SMILES string of the molecule is NC(N)=NCCN1CCN(c2cccc(Cl)c2)CC1. The fourth-order valence-corrected chi connectivity index (χ4v) is 2.41. The number of anilines is 1. The van der Waals surface area contributed by atoms with Crippen LogP contribution in [0.15, 0.2) is 29.3 Å². The van der Waals surface area contributed by atoms with Crippen molar-refractivity contribution in [3.8, 4) is 0 Å². The lowest BCUT2D eigenvalue weighted by atomic mass is 10.2. The molecule has 0 bridgehead atoms. The molecule has 0 amide bonds. The number of guanidine groups is 1. The number of rotatable bonds is 4. The van der Waals surface area contributed by atoms with Gasteiger partial charge in [0, 0.05) is 43.4 Å². The first kappa shape index (κ1) is 14.0. The van der Waals surface area contributed by atoms with Crippen molar-refractivity contribution >= 4 is 23.2 Å². The van der Waals surface area contributed by atoms with Crippen LogP contribution in [0.2, 0.25) is 5.02 Å². The summed E-state index contributed by atoms with van der Waals surface area (Å²) in [7, 11) is 0. The van der Waals surface area contributed by atoms with E-state index in [0.717, 1.165) is 37.7 Å². The zero-order valence-corrected chi connectivity index (χ0v) is 11.7. The molecule has 5 nitrogen and oxygen atoms in total. The molecular weight excluding hydrogens is 262 g/mol. The van der Waals surface area contributed by atoms with Crippen LogP contribution < -0.4 is 16.4 Å². The first-order chi connectivity index (χ1) is 9.15. The summed E-state index contributed by atoms with van der Waals surface area (Å²) in [6.45, 7) is 5.62. The fourth-order valence-electron chi connectivity index (χ4n) is 2.22. The highest BCUT2D eigenvalue weighted by Crippen LogP contribution is 2.20. The van der Waals surface area contributed by atoms with Crippen LogP contribution in [0, 0.1) is 0 Å². The van der Waals surface area contributed by atoms with E-state index in [0.29, 0.717) is 6.54 Å². The van der Waals surface area contributed by atoms with E-state index >= 15 is 0 Å². The van der Waals surface area contributed by atoms with Crippen molar-refractivity contribution in [3.05, 3.63) is 29.3 Å². The maximum Gasteiger partial charge on any atom is 0.185 e. The molecule has 1 aromatic carbocycles. The van der Waals surface area contributed by atoms with Crippen LogP contribution >= 0.6 is 11.6 Å². The van der Waals surface area contributed by atoms with Crippen molar-refractivity contribution in [2.24, 2.45) is 16.5 Å². The second kappa shape index (κ2) is 6.63. The van der Waals surface area contributed by atoms with E-state index in [9.17, 15) is 0 Å². The van der Waals surface area contributed by atoms with Gasteiger partial charge in [0.1, 0.15) is 0 Å². The number of hydrogen-bond donors (Lipinski definition) is 2. The number of halogens is 1. The van der Waals surface area contributed by atoms with Gasteiger partial charge in [0.2, 0.25) is 0 Å². The van der Waals surface area contributed by atoms with Gasteiger partial charge in [-0.3, -0.25) is 9.89 Å². The van der Waals surface area contributed by atoms with Gasteiger partial charge in [0.05, 0.1) is 6.54 Å². The van der Waals surface area contributed by atoms with Crippen LogP contribution in [-0.4, -0.2) is 50.1 Å². The Kier molecular flexibility index (Phi) is 4.87. The Labute approximate surface area is 118 Å². The molecule has 19 heavy (non-hydrogen) atoms. The van der Waals surface area contributed by atoms with E-state index in [4.69, 9.17) is 23.1 Å². The van der Waals surface area contributed by atoms with E-state index in [1.807, 2.05) is 18.2 Å². The van der Waals surface area contributed by atoms with Crippen molar-refractivity contribution < 1.29 is 0 Å². The summed E-state index contributed by atoms with van der Waals surface area (Å²) in [5.41, 5.74) is 11.8. The van der Waals surface area contributed by atoms with Crippen LogP contribution in [0.1, 0.15) is 0 Å². The van der Waals surface area contributed by atoms with Gasteiger partial charge in [-0.05, 0) is 18.2 Å². The first-order valence-corrected chi connectivity index (χ1v) is 6.81. The molecule has 0 unspecified atom stereocenters. The Morgan fingerprint density at radius 2 is 1.95 bits per heavy atom. The van der Waals surface area contributed by atoms with E-state index in [1.165, 1.54) is 5.69 Å². The molecule has 2 rings (SSSR count). The molecule has 0 spiro atoms. The van der Waals surface area contributed by atoms with E-state index in [2.05, 4.69) is 20.9 Å². The largest absolute Gasteiger partial charge is 0.370 e. The minimum Gasteiger partial charge on any atom is -0.370 e. The number of benzene rings is 1. The Balaban J connectivity index is 1.81. The molecule has 1 fully saturated rings. The fraction of sp³-hybridized carbons (Fsp3) is 0.462. The summed E-state index contributed by atoms with van der Waals surface area (Å²) in [4.78, 5) is 8.73. The molecule has 6 heteroatoms. The normalized spacial score (nSPS) is 16.4.